The predicted octanol–water partition coefficient (Wildman–Crippen LogP) is 3.49. The first-order valence-electron chi connectivity index (χ1n) is 8.02. The smallest absolute Gasteiger partial charge is 0.0709 e. The van der Waals surface area contributed by atoms with Gasteiger partial charge in [0.2, 0.25) is 0 Å². The van der Waals surface area contributed by atoms with Crippen molar-refractivity contribution in [3.8, 4) is 0 Å². The summed E-state index contributed by atoms with van der Waals surface area (Å²) in [5.41, 5.74) is 7.62. The maximum absolute atomic E-state index is 10.8. The maximum atomic E-state index is 10.8. The van der Waals surface area contributed by atoms with Gasteiger partial charge in [0.05, 0.1) is 16.3 Å². The summed E-state index contributed by atoms with van der Waals surface area (Å²) < 4.78 is 0. The molecule has 21 heavy (non-hydrogen) atoms. The van der Waals surface area contributed by atoms with Crippen LogP contribution in [-0.4, -0.2) is 23.8 Å². The van der Waals surface area contributed by atoms with Crippen molar-refractivity contribution in [1.82, 2.24) is 0 Å². The molecule has 4 heteroatoms. The van der Waals surface area contributed by atoms with Crippen LogP contribution in [0.3, 0.4) is 0 Å². The molecule has 0 aromatic heterocycles. The van der Waals surface area contributed by atoms with E-state index in [-0.39, 0.29) is 6.04 Å². The van der Waals surface area contributed by atoms with E-state index in [4.69, 9.17) is 17.3 Å². The number of nitrogens with two attached hydrogens (primary N) is 1. The molecule has 0 spiro atoms. The van der Waals surface area contributed by atoms with Gasteiger partial charge in [0.25, 0.3) is 0 Å². The lowest BCUT2D eigenvalue weighted by atomic mass is 9.71. The summed E-state index contributed by atoms with van der Waals surface area (Å²) in [5, 5.41) is 11.5. The minimum atomic E-state index is -0.438. The lowest BCUT2D eigenvalue weighted by Gasteiger charge is -2.48. The lowest BCUT2D eigenvalue weighted by molar-refractivity contribution is -0.0612. The van der Waals surface area contributed by atoms with E-state index in [0.717, 1.165) is 55.0 Å². The number of benzene rings is 1. The van der Waals surface area contributed by atoms with E-state index in [1.165, 1.54) is 6.42 Å². The normalized spacial score (nSPS) is 30.9. The van der Waals surface area contributed by atoms with E-state index in [9.17, 15) is 5.11 Å². The van der Waals surface area contributed by atoms with Gasteiger partial charge in [-0.05, 0) is 43.9 Å². The van der Waals surface area contributed by atoms with Gasteiger partial charge >= 0.3 is 0 Å². The molecule has 1 aromatic carbocycles. The summed E-state index contributed by atoms with van der Waals surface area (Å²) in [7, 11) is 0. The molecule has 3 unspecified atom stereocenters. The van der Waals surface area contributed by atoms with E-state index in [2.05, 4.69) is 17.0 Å². The van der Waals surface area contributed by atoms with Crippen molar-refractivity contribution in [3.05, 3.63) is 28.8 Å². The van der Waals surface area contributed by atoms with Gasteiger partial charge in [0.1, 0.15) is 0 Å². The first kappa shape index (κ1) is 15.1. The first-order chi connectivity index (χ1) is 9.99. The number of hydrogen-bond donors (Lipinski definition) is 2. The van der Waals surface area contributed by atoms with E-state index < -0.39 is 5.60 Å². The summed E-state index contributed by atoms with van der Waals surface area (Å²) in [5.74, 6) is 0.379. The molecule has 3 N–H and O–H groups in total. The third kappa shape index (κ3) is 2.92. The fraction of sp³-hybridized carbons (Fsp3) is 0.647. The van der Waals surface area contributed by atoms with E-state index in [0.29, 0.717) is 5.92 Å². The van der Waals surface area contributed by atoms with Crippen molar-refractivity contribution in [3.63, 3.8) is 0 Å². The number of hydrogen-bond acceptors (Lipinski definition) is 3. The van der Waals surface area contributed by atoms with Gasteiger partial charge in [0, 0.05) is 25.0 Å². The van der Waals surface area contributed by atoms with Gasteiger partial charge in [-0.15, -0.1) is 0 Å². The van der Waals surface area contributed by atoms with Crippen molar-refractivity contribution >= 4 is 17.3 Å². The Morgan fingerprint density at radius 3 is 2.90 bits per heavy atom. The number of halogens is 1. The summed E-state index contributed by atoms with van der Waals surface area (Å²) in [6.07, 6.45) is 5.34. The Morgan fingerprint density at radius 2 is 2.19 bits per heavy atom. The molecular weight excluding hydrogens is 284 g/mol. The zero-order valence-electron chi connectivity index (χ0n) is 12.7. The van der Waals surface area contributed by atoms with Crippen molar-refractivity contribution in [2.24, 2.45) is 11.7 Å². The summed E-state index contributed by atoms with van der Waals surface area (Å²) in [6, 6.07) is 6.12. The Morgan fingerprint density at radius 1 is 1.38 bits per heavy atom. The van der Waals surface area contributed by atoms with Gasteiger partial charge in [-0.2, -0.15) is 0 Å². The molecule has 116 valence electrons. The van der Waals surface area contributed by atoms with Crippen LogP contribution in [0, 0.1) is 5.92 Å². The van der Waals surface area contributed by atoms with Gasteiger partial charge in [-0.25, -0.2) is 0 Å². The Kier molecular flexibility index (Phi) is 4.17. The monoisotopic (exact) mass is 308 g/mol. The molecule has 3 rings (SSSR count). The first-order valence-corrected chi connectivity index (χ1v) is 8.40. The predicted molar refractivity (Wildman–Crippen MR) is 87.8 cm³/mol. The number of anilines is 1. The van der Waals surface area contributed by atoms with Crippen LogP contribution in [-0.2, 0) is 0 Å². The van der Waals surface area contributed by atoms with Crippen molar-refractivity contribution in [2.75, 3.05) is 18.0 Å². The van der Waals surface area contributed by atoms with E-state index in [1.54, 1.807) is 0 Å². The summed E-state index contributed by atoms with van der Waals surface area (Å²) >= 11 is 6.46. The number of piperidine rings is 1. The molecule has 2 fully saturated rings. The van der Waals surface area contributed by atoms with Crippen molar-refractivity contribution in [1.29, 1.82) is 0 Å². The third-order valence-electron chi connectivity index (χ3n) is 5.27. The van der Waals surface area contributed by atoms with Crippen LogP contribution >= 0.6 is 11.6 Å². The highest BCUT2D eigenvalue weighted by Crippen LogP contribution is 2.42. The van der Waals surface area contributed by atoms with Crippen molar-refractivity contribution < 1.29 is 5.11 Å². The van der Waals surface area contributed by atoms with E-state index >= 15 is 0 Å². The lowest BCUT2D eigenvalue weighted by Crippen LogP contribution is -2.53. The van der Waals surface area contributed by atoms with Crippen LogP contribution in [0.25, 0.3) is 0 Å². The SMILES string of the molecule is CC(N)c1ccc(N2CCC3(O)CCCCC3C2)c(Cl)c1. The Bertz CT molecular complexity index is 520. The van der Waals surface area contributed by atoms with Crippen LogP contribution in [0.2, 0.25) is 5.02 Å². The van der Waals surface area contributed by atoms with Crippen LogP contribution in [0.5, 0.6) is 0 Å². The van der Waals surface area contributed by atoms with Gasteiger partial charge < -0.3 is 15.7 Å². The molecule has 0 bridgehead atoms. The van der Waals surface area contributed by atoms with Crippen molar-refractivity contribution in [2.45, 2.75) is 50.7 Å². The second-order valence-electron chi connectivity index (χ2n) is 6.74. The average Bonchev–Trinajstić information content (AvgIpc) is 2.46. The van der Waals surface area contributed by atoms with Gasteiger partial charge in [-0.3, -0.25) is 0 Å². The Labute approximate surface area is 132 Å². The molecular formula is C17H25ClN2O. The largest absolute Gasteiger partial charge is 0.389 e. The minimum Gasteiger partial charge on any atom is -0.389 e. The highest BCUT2D eigenvalue weighted by molar-refractivity contribution is 6.33. The molecule has 0 radical (unpaired) electrons. The average molecular weight is 309 g/mol. The van der Waals surface area contributed by atoms with Crippen LogP contribution in [0.15, 0.2) is 18.2 Å². The number of fused-ring (bicyclic) bond motifs is 1. The second kappa shape index (κ2) is 5.79. The summed E-state index contributed by atoms with van der Waals surface area (Å²) in [6.45, 7) is 3.76. The highest BCUT2D eigenvalue weighted by Gasteiger charge is 2.42. The zero-order valence-corrected chi connectivity index (χ0v) is 13.4. The molecule has 1 aliphatic heterocycles. The topological polar surface area (TPSA) is 49.5 Å². The van der Waals surface area contributed by atoms with Crippen LogP contribution in [0.1, 0.15) is 50.6 Å². The fourth-order valence-electron chi connectivity index (χ4n) is 3.85. The number of aliphatic hydroxyl groups is 1. The van der Waals surface area contributed by atoms with E-state index in [1.807, 2.05) is 13.0 Å². The Hall–Kier alpha value is -0.770. The molecule has 3 nitrogen and oxygen atoms in total. The second-order valence-corrected chi connectivity index (χ2v) is 7.15. The molecule has 3 atom stereocenters. The van der Waals surface area contributed by atoms with Gasteiger partial charge in [-0.1, -0.05) is 30.5 Å². The summed E-state index contributed by atoms with van der Waals surface area (Å²) in [4.78, 5) is 2.33. The maximum Gasteiger partial charge on any atom is 0.0709 e. The molecule has 1 heterocycles. The van der Waals surface area contributed by atoms with Crippen LogP contribution in [0.4, 0.5) is 5.69 Å². The number of rotatable bonds is 2. The fourth-order valence-corrected chi connectivity index (χ4v) is 4.16. The van der Waals surface area contributed by atoms with Gasteiger partial charge in [0.15, 0.2) is 0 Å². The quantitative estimate of drug-likeness (QED) is 0.879. The minimum absolute atomic E-state index is 0.00124. The molecule has 1 saturated carbocycles. The molecule has 1 saturated heterocycles. The zero-order chi connectivity index (χ0) is 15.0. The Balaban J connectivity index is 1.79. The highest BCUT2D eigenvalue weighted by atomic mass is 35.5. The standard InChI is InChI=1S/C17H25ClN2O/c1-12(19)13-5-6-16(15(18)10-13)20-9-8-17(21)7-3-2-4-14(17)11-20/h5-6,10,12,14,21H,2-4,7-9,11,19H2,1H3. The number of nitrogens with zero attached hydrogens (tertiary/aromatic N) is 1. The molecule has 0 amide bonds. The molecule has 2 aliphatic rings. The third-order valence-corrected chi connectivity index (χ3v) is 5.57. The van der Waals surface area contributed by atoms with Crippen LogP contribution < -0.4 is 10.6 Å². The molecule has 1 aromatic rings. The molecule has 1 aliphatic carbocycles.